The molecule has 1 spiro atoms. The molecule has 2 nitrogen and oxygen atoms in total. The van der Waals surface area contributed by atoms with Crippen molar-refractivity contribution in [2.75, 3.05) is 17.2 Å². The van der Waals surface area contributed by atoms with Crippen molar-refractivity contribution in [2.45, 2.75) is 45.1 Å². The molecule has 0 unspecified atom stereocenters. The summed E-state index contributed by atoms with van der Waals surface area (Å²) in [6, 6.07) is 6.52. The summed E-state index contributed by atoms with van der Waals surface area (Å²) in [5, 5.41) is 7.45. The van der Waals surface area contributed by atoms with Gasteiger partial charge in [-0.1, -0.05) is 19.1 Å². The Balaban J connectivity index is 1.85. The minimum absolute atomic E-state index is 0.313. The molecule has 3 rings (SSSR count). The lowest BCUT2D eigenvalue weighted by Crippen LogP contribution is -2.50. The highest BCUT2D eigenvalue weighted by Crippen LogP contribution is 2.40. The predicted octanol–water partition coefficient (Wildman–Crippen LogP) is 3.78. The van der Waals surface area contributed by atoms with E-state index in [1.807, 2.05) is 0 Å². The van der Waals surface area contributed by atoms with Crippen molar-refractivity contribution in [1.29, 1.82) is 0 Å². The summed E-state index contributed by atoms with van der Waals surface area (Å²) < 4.78 is 0. The lowest BCUT2D eigenvalue weighted by Gasteiger charge is -2.45. The van der Waals surface area contributed by atoms with E-state index in [2.05, 4.69) is 42.7 Å². The van der Waals surface area contributed by atoms with E-state index in [-0.39, 0.29) is 0 Å². The van der Waals surface area contributed by atoms with Crippen LogP contribution < -0.4 is 10.6 Å². The molecule has 2 aliphatic rings. The number of anilines is 2. The Morgan fingerprint density at radius 2 is 2.00 bits per heavy atom. The fraction of sp³-hybridized carbons (Fsp3) is 0.600. The van der Waals surface area contributed by atoms with E-state index in [1.165, 1.54) is 42.6 Å². The largest absolute Gasteiger partial charge is 0.381 e. The van der Waals surface area contributed by atoms with Crippen LogP contribution in [0.2, 0.25) is 0 Å². The first-order valence-corrected chi connectivity index (χ1v) is 6.80. The Labute approximate surface area is 104 Å². The molecule has 1 heterocycles. The molecule has 0 bridgehead atoms. The van der Waals surface area contributed by atoms with Crippen molar-refractivity contribution in [3.05, 3.63) is 23.8 Å². The maximum Gasteiger partial charge on any atom is 0.0606 e. The monoisotopic (exact) mass is 230 g/mol. The minimum atomic E-state index is 0.313. The fourth-order valence-corrected chi connectivity index (χ4v) is 3.21. The average molecular weight is 230 g/mol. The number of hydrogen-bond acceptors (Lipinski definition) is 2. The van der Waals surface area contributed by atoms with Gasteiger partial charge in [0.05, 0.1) is 16.9 Å². The van der Waals surface area contributed by atoms with E-state index in [4.69, 9.17) is 0 Å². The van der Waals surface area contributed by atoms with Crippen LogP contribution in [0.3, 0.4) is 0 Å². The third-order valence-corrected chi connectivity index (χ3v) is 4.51. The van der Waals surface area contributed by atoms with E-state index in [9.17, 15) is 0 Å². The molecule has 92 valence electrons. The number of nitrogens with one attached hydrogen (secondary N) is 2. The number of hydrogen-bond donors (Lipinski definition) is 2. The lowest BCUT2D eigenvalue weighted by atomic mass is 9.76. The van der Waals surface area contributed by atoms with Crippen molar-refractivity contribution in [1.82, 2.24) is 0 Å². The van der Waals surface area contributed by atoms with Gasteiger partial charge in [-0.3, -0.25) is 0 Å². The molecule has 0 atom stereocenters. The molecule has 1 aliphatic heterocycles. The molecular weight excluding hydrogens is 208 g/mol. The second kappa shape index (κ2) is 3.94. The van der Waals surface area contributed by atoms with Gasteiger partial charge < -0.3 is 10.6 Å². The van der Waals surface area contributed by atoms with Crippen molar-refractivity contribution >= 4 is 11.4 Å². The van der Waals surface area contributed by atoms with E-state index in [1.54, 1.807) is 0 Å². The summed E-state index contributed by atoms with van der Waals surface area (Å²) in [6.07, 6.45) is 5.31. The zero-order chi connectivity index (χ0) is 11.9. The summed E-state index contributed by atoms with van der Waals surface area (Å²) in [7, 11) is 0. The van der Waals surface area contributed by atoms with Crippen molar-refractivity contribution in [2.24, 2.45) is 5.92 Å². The van der Waals surface area contributed by atoms with Crippen molar-refractivity contribution in [3.63, 3.8) is 0 Å². The van der Waals surface area contributed by atoms with Crippen LogP contribution in [0, 0.1) is 12.8 Å². The van der Waals surface area contributed by atoms with Crippen LogP contribution >= 0.6 is 0 Å². The Morgan fingerprint density at radius 3 is 2.76 bits per heavy atom. The molecular formula is C15H22N2. The molecule has 0 radical (unpaired) electrons. The molecule has 2 heteroatoms. The molecule has 17 heavy (non-hydrogen) atoms. The Bertz CT molecular complexity index is 417. The van der Waals surface area contributed by atoms with Gasteiger partial charge in [-0.2, -0.15) is 0 Å². The average Bonchev–Trinajstić information content (AvgIpc) is 2.34. The van der Waals surface area contributed by atoms with Gasteiger partial charge in [0.25, 0.3) is 0 Å². The highest BCUT2D eigenvalue weighted by molar-refractivity contribution is 5.75. The van der Waals surface area contributed by atoms with Gasteiger partial charge in [-0.15, -0.1) is 0 Å². The van der Waals surface area contributed by atoms with Crippen LogP contribution in [-0.2, 0) is 0 Å². The second-order valence-electron chi connectivity index (χ2n) is 5.94. The van der Waals surface area contributed by atoms with Crippen LogP contribution in [0.5, 0.6) is 0 Å². The van der Waals surface area contributed by atoms with Gasteiger partial charge in [-0.25, -0.2) is 0 Å². The van der Waals surface area contributed by atoms with Gasteiger partial charge in [0, 0.05) is 6.54 Å². The van der Waals surface area contributed by atoms with Gasteiger partial charge in [-0.05, 0) is 50.2 Å². The topological polar surface area (TPSA) is 24.1 Å². The molecule has 0 amide bonds. The number of fused-ring (bicyclic) bond motifs is 1. The van der Waals surface area contributed by atoms with Gasteiger partial charge >= 0.3 is 0 Å². The molecule has 0 saturated heterocycles. The quantitative estimate of drug-likeness (QED) is 0.708. The standard InChI is InChI=1S/C15H22N2/c1-11-6-8-15(9-7-11)10-16-14-12(2)4-3-5-13(14)17-15/h3-5,11,16-17H,6-10H2,1-2H3. The SMILES string of the molecule is Cc1cccc2c1NCC1(CCC(C)CC1)N2. The summed E-state index contributed by atoms with van der Waals surface area (Å²) in [4.78, 5) is 0. The smallest absolute Gasteiger partial charge is 0.0606 e. The van der Waals surface area contributed by atoms with E-state index in [0.29, 0.717) is 5.54 Å². The Morgan fingerprint density at radius 1 is 1.24 bits per heavy atom. The summed E-state index contributed by atoms with van der Waals surface area (Å²) in [5.41, 5.74) is 4.25. The first kappa shape index (κ1) is 10.9. The van der Waals surface area contributed by atoms with E-state index in [0.717, 1.165) is 12.5 Å². The summed E-state index contributed by atoms with van der Waals surface area (Å²) in [5.74, 6) is 0.904. The van der Waals surface area contributed by atoms with Crippen LogP contribution in [0.1, 0.15) is 38.2 Å². The van der Waals surface area contributed by atoms with Gasteiger partial charge in [0.15, 0.2) is 0 Å². The van der Waals surface area contributed by atoms with Crippen molar-refractivity contribution < 1.29 is 0 Å². The molecule has 1 saturated carbocycles. The van der Waals surface area contributed by atoms with Crippen LogP contribution in [0.4, 0.5) is 11.4 Å². The van der Waals surface area contributed by atoms with Gasteiger partial charge in [0.2, 0.25) is 0 Å². The molecule has 1 aromatic carbocycles. The minimum Gasteiger partial charge on any atom is -0.381 e. The first-order chi connectivity index (χ1) is 8.19. The number of aryl methyl sites for hydroxylation is 1. The van der Waals surface area contributed by atoms with Crippen LogP contribution in [0.25, 0.3) is 0 Å². The second-order valence-corrected chi connectivity index (χ2v) is 5.94. The summed E-state index contributed by atoms with van der Waals surface area (Å²) >= 11 is 0. The third-order valence-electron chi connectivity index (χ3n) is 4.51. The molecule has 1 aliphatic carbocycles. The molecule has 0 aromatic heterocycles. The number of para-hydroxylation sites is 1. The normalized spacial score (nSPS) is 31.5. The molecule has 1 fully saturated rings. The highest BCUT2D eigenvalue weighted by atomic mass is 15.1. The predicted molar refractivity (Wildman–Crippen MR) is 73.7 cm³/mol. The van der Waals surface area contributed by atoms with Crippen LogP contribution in [-0.4, -0.2) is 12.1 Å². The fourth-order valence-electron chi connectivity index (χ4n) is 3.21. The first-order valence-electron chi connectivity index (χ1n) is 6.80. The Kier molecular flexibility index (Phi) is 2.53. The van der Waals surface area contributed by atoms with Gasteiger partial charge in [0.1, 0.15) is 0 Å². The highest BCUT2D eigenvalue weighted by Gasteiger charge is 2.36. The van der Waals surface area contributed by atoms with Crippen molar-refractivity contribution in [3.8, 4) is 0 Å². The number of rotatable bonds is 0. The third kappa shape index (κ3) is 1.90. The number of benzene rings is 1. The molecule has 1 aromatic rings. The van der Waals surface area contributed by atoms with E-state index >= 15 is 0 Å². The van der Waals surface area contributed by atoms with E-state index < -0.39 is 0 Å². The van der Waals surface area contributed by atoms with Crippen LogP contribution in [0.15, 0.2) is 18.2 Å². The zero-order valence-electron chi connectivity index (χ0n) is 10.8. The Hall–Kier alpha value is -1.18. The molecule has 2 N–H and O–H groups in total. The lowest BCUT2D eigenvalue weighted by molar-refractivity contribution is 0.274. The summed E-state index contributed by atoms with van der Waals surface area (Å²) in [6.45, 7) is 5.63. The maximum absolute atomic E-state index is 3.81. The maximum atomic E-state index is 3.81. The zero-order valence-corrected chi connectivity index (χ0v) is 10.8.